The summed E-state index contributed by atoms with van der Waals surface area (Å²) in [6.45, 7) is 0.599. The van der Waals surface area contributed by atoms with Crippen LogP contribution < -0.4 is 5.32 Å². The SMILES string of the molecule is O=C(NCC(C1CC1)C1CC1)c1c(O)cccc1F. The lowest BCUT2D eigenvalue weighted by Gasteiger charge is -2.16. The lowest BCUT2D eigenvalue weighted by molar-refractivity contribution is 0.0936. The van der Waals surface area contributed by atoms with Crippen LogP contribution in [-0.4, -0.2) is 17.6 Å². The topological polar surface area (TPSA) is 49.3 Å². The second kappa shape index (κ2) is 4.83. The van der Waals surface area contributed by atoms with Crippen molar-refractivity contribution in [2.75, 3.05) is 6.54 Å². The Hall–Kier alpha value is -1.58. The van der Waals surface area contributed by atoms with Crippen molar-refractivity contribution in [3.8, 4) is 5.75 Å². The summed E-state index contributed by atoms with van der Waals surface area (Å²) >= 11 is 0. The fourth-order valence-corrected chi connectivity index (χ4v) is 2.80. The van der Waals surface area contributed by atoms with E-state index in [1.807, 2.05) is 0 Å². The molecule has 102 valence electrons. The van der Waals surface area contributed by atoms with Crippen LogP contribution in [0.3, 0.4) is 0 Å². The number of rotatable bonds is 5. The first kappa shape index (κ1) is 12.5. The van der Waals surface area contributed by atoms with Crippen LogP contribution in [0.25, 0.3) is 0 Å². The molecule has 0 spiro atoms. The van der Waals surface area contributed by atoms with Crippen LogP contribution in [0.5, 0.6) is 5.75 Å². The van der Waals surface area contributed by atoms with Gasteiger partial charge < -0.3 is 10.4 Å². The van der Waals surface area contributed by atoms with Crippen LogP contribution in [0.2, 0.25) is 0 Å². The monoisotopic (exact) mass is 263 g/mol. The van der Waals surface area contributed by atoms with Gasteiger partial charge in [-0.2, -0.15) is 0 Å². The number of aromatic hydroxyl groups is 1. The molecule has 3 rings (SSSR count). The lowest BCUT2D eigenvalue weighted by Crippen LogP contribution is -2.31. The van der Waals surface area contributed by atoms with E-state index in [2.05, 4.69) is 5.32 Å². The van der Waals surface area contributed by atoms with Crippen molar-refractivity contribution in [2.45, 2.75) is 25.7 Å². The maximum Gasteiger partial charge on any atom is 0.258 e. The lowest BCUT2D eigenvalue weighted by atomic mass is 9.98. The predicted octanol–water partition coefficient (Wildman–Crippen LogP) is 2.70. The molecule has 2 N–H and O–H groups in total. The van der Waals surface area contributed by atoms with Gasteiger partial charge in [-0.05, 0) is 55.6 Å². The number of amides is 1. The van der Waals surface area contributed by atoms with Gasteiger partial charge in [0.05, 0.1) is 0 Å². The Labute approximate surface area is 111 Å². The van der Waals surface area contributed by atoms with E-state index in [9.17, 15) is 14.3 Å². The van der Waals surface area contributed by atoms with Gasteiger partial charge in [-0.1, -0.05) is 6.07 Å². The summed E-state index contributed by atoms with van der Waals surface area (Å²) in [6, 6.07) is 3.91. The number of hydrogen-bond acceptors (Lipinski definition) is 2. The molecule has 4 heteroatoms. The van der Waals surface area contributed by atoms with Crippen molar-refractivity contribution in [3.63, 3.8) is 0 Å². The molecule has 0 atom stereocenters. The van der Waals surface area contributed by atoms with E-state index >= 15 is 0 Å². The van der Waals surface area contributed by atoms with Crippen molar-refractivity contribution in [1.82, 2.24) is 5.32 Å². The van der Waals surface area contributed by atoms with Crippen molar-refractivity contribution < 1.29 is 14.3 Å². The standard InChI is InChI=1S/C15H18FNO2/c16-12-2-1-3-13(18)14(12)15(19)17-8-11(9-4-5-9)10-6-7-10/h1-3,9-11,18H,4-8H2,(H,17,19). The molecule has 1 aromatic rings. The van der Waals surface area contributed by atoms with Gasteiger partial charge in [-0.3, -0.25) is 4.79 Å². The smallest absolute Gasteiger partial charge is 0.258 e. The maximum absolute atomic E-state index is 13.5. The third-order valence-electron chi connectivity index (χ3n) is 4.17. The van der Waals surface area contributed by atoms with Crippen molar-refractivity contribution >= 4 is 5.91 Å². The summed E-state index contributed by atoms with van der Waals surface area (Å²) in [4.78, 5) is 12.0. The summed E-state index contributed by atoms with van der Waals surface area (Å²) in [5, 5.41) is 12.4. The normalized spacial score (nSPS) is 18.6. The molecule has 0 bridgehead atoms. The first-order chi connectivity index (χ1) is 9.16. The third kappa shape index (κ3) is 2.72. The molecular weight excluding hydrogens is 245 g/mol. The minimum Gasteiger partial charge on any atom is -0.507 e. The first-order valence-electron chi connectivity index (χ1n) is 6.92. The minimum absolute atomic E-state index is 0.243. The second-order valence-corrected chi connectivity index (χ2v) is 5.68. The molecule has 0 unspecified atom stereocenters. The Morgan fingerprint density at radius 2 is 1.95 bits per heavy atom. The number of nitrogens with one attached hydrogen (secondary N) is 1. The zero-order valence-electron chi connectivity index (χ0n) is 10.7. The zero-order chi connectivity index (χ0) is 13.4. The summed E-state index contributed by atoms with van der Waals surface area (Å²) in [5.74, 6) is 0.530. The average molecular weight is 263 g/mol. The fourth-order valence-electron chi connectivity index (χ4n) is 2.80. The van der Waals surface area contributed by atoms with E-state index in [0.29, 0.717) is 12.5 Å². The number of phenolic OH excluding ortho intramolecular Hbond substituents is 1. The summed E-state index contributed by atoms with van der Waals surface area (Å²) in [6.07, 6.45) is 5.01. The van der Waals surface area contributed by atoms with Gasteiger partial charge in [-0.25, -0.2) is 4.39 Å². The van der Waals surface area contributed by atoms with Crippen LogP contribution in [0.4, 0.5) is 4.39 Å². The van der Waals surface area contributed by atoms with Gasteiger partial charge in [0.25, 0.3) is 5.91 Å². The zero-order valence-corrected chi connectivity index (χ0v) is 10.7. The molecule has 0 saturated heterocycles. The molecule has 0 aromatic heterocycles. The largest absolute Gasteiger partial charge is 0.507 e. The molecule has 2 aliphatic rings. The van der Waals surface area contributed by atoms with Crippen molar-refractivity contribution in [3.05, 3.63) is 29.6 Å². The maximum atomic E-state index is 13.5. The minimum atomic E-state index is -0.674. The molecular formula is C15H18FNO2. The number of phenols is 1. The molecule has 0 radical (unpaired) electrons. The average Bonchev–Trinajstić information content (AvgIpc) is 3.24. The molecule has 3 nitrogen and oxygen atoms in total. The predicted molar refractivity (Wildman–Crippen MR) is 69.3 cm³/mol. The highest BCUT2D eigenvalue weighted by Gasteiger charge is 2.41. The Morgan fingerprint density at radius 1 is 1.32 bits per heavy atom. The molecule has 0 heterocycles. The molecule has 1 aromatic carbocycles. The van der Waals surface area contributed by atoms with Crippen LogP contribution in [0.1, 0.15) is 36.0 Å². The van der Waals surface area contributed by atoms with Gasteiger partial charge in [-0.15, -0.1) is 0 Å². The van der Waals surface area contributed by atoms with E-state index in [1.165, 1.54) is 43.9 Å². The van der Waals surface area contributed by atoms with E-state index in [0.717, 1.165) is 11.8 Å². The highest BCUT2D eigenvalue weighted by molar-refractivity contribution is 5.97. The van der Waals surface area contributed by atoms with Gasteiger partial charge in [0.15, 0.2) is 0 Å². The van der Waals surface area contributed by atoms with Crippen molar-refractivity contribution in [2.24, 2.45) is 17.8 Å². The highest BCUT2D eigenvalue weighted by atomic mass is 19.1. The van der Waals surface area contributed by atoms with E-state index < -0.39 is 11.7 Å². The summed E-state index contributed by atoms with van der Waals surface area (Å²) in [7, 11) is 0. The Morgan fingerprint density at radius 3 is 2.47 bits per heavy atom. The quantitative estimate of drug-likeness (QED) is 0.858. The Balaban J connectivity index is 1.64. The summed E-state index contributed by atoms with van der Waals surface area (Å²) in [5.41, 5.74) is -0.243. The Bertz CT molecular complexity index is 463. The van der Waals surface area contributed by atoms with Crippen LogP contribution in [0, 0.1) is 23.6 Å². The Kier molecular flexibility index (Phi) is 3.17. The summed E-state index contributed by atoms with van der Waals surface area (Å²) < 4.78 is 13.5. The molecule has 0 aliphatic heterocycles. The van der Waals surface area contributed by atoms with Gasteiger partial charge >= 0.3 is 0 Å². The number of hydrogen-bond donors (Lipinski definition) is 2. The van der Waals surface area contributed by atoms with Crippen molar-refractivity contribution in [1.29, 1.82) is 0 Å². The van der Waals surface area contributed by atoms with E-state index in [-0.39, 0.29) is 11.3 Å². The number of carbonyl (C=O) groups excluding carboxylic acids is 1. The molecule has 2 saturated carbocycles. The van der Waals surface area contributed by atoms with E-state index in [1.54, 1.807) is 0 Å². The van der Waals surface area contributed by atoms with Gasteiger partial charge in [0.1, 0.15) is 17.1 Å². The first-order valence-corrected chi connectivity index (χ1v) is 6.92. The molecule has 2 fully saturated rings. The van der Waals surface area contributed by atoms with E-state index in [4.69, 9.17) is 0 Å². The highest BCUT2D eigenvalue weighted by Crippen LogP contribution is 2.48. The third-order valence-corrected chi connectivity index (χ3v) is 4.17. The number of halogens is 1. The fraction of sp³-hybridized carbons (Fsp3) is 0.533. The van der Waals surface area contributed by atoms with Gasteiger partial charge in [0, 0.05) is 6.54 Å². The number of benzene rings is 1. The second-order valence-electron chi connectivity index (χ2n) is 5.68. The molecule has 2 aliphatic carbocycles. The van der Waals surface area contributed by atoms with Crippen LogP contribution >= 0.6 is 0 Å². The molecule has 19 heavy (non-hydrogen) atoms. The van der Waals surface area contributed by atoms with Gasteiger partial charge in [0.2, 0.25) is 0 Å². The van der Waals surface area contributed by atoms with Crippen LogP contribution in [-0.2, 0) is 0 Å². The molecule has 1 amide bonds. The van der Waals surface area contributed by atoms with Crippen LogP contribution in [0.15, 0.2) is 18.2 Å². The number of carbonyl (C=O) groups is 1.